The zero-order chi connectivity index (χ0) is 12.0. The molecule has 2 N–H and O–H groups in total. The van der Waals surface area contributed by atoms with Gasteiger partial charge in [0, 0.05) is 0 Å². The number of rotatable bonds is 7. The van der Waals surface area contributed by atoms with Crippen LogP contribution in [0.25, 0.3) is 0 Å². The number of aliphatic hydroxyl groups excluding tert-OH is 1. The van der Waals surface area contributed by atoms with Gasteiger partial charge in [-0.05, 0) is 18.4 Å². The highest BCUT2D eigenvalue weighted by atomic mass is 32.2. The normalized spacial score (nSPS) is 12.0. The van der Waals surface area contributed by atoms with Crippen molar-refractivity contribution in [3.63, 3.8) is 0 Å². The van der Waals surface area contributed by atoms with E-state index in [2.05, 4.69) is 5.32 Å². The molecule has 0 unspecified atom stereocenters. The van der Waals surface area contributed by atoms with Gasteiger partial charge in [0.15, 0.2) is 0 Å². The van der Waals surface area contributed by atoms with E-state index >= 15 is 0 Å². The highest BCUT2D eigenvalue weighted by Crippen LogP contribution is 2.14. The van der Waals surface area contributed by atoms with Crippen LogP contribution in [0.2, 0.25) is 0 Å². The molecule has 0 aliphatic rings. The minimum atomic E-state index is -3.07. The summed E-state index contributed by atoms with van der Waals surface area (Å²) in [4.78, 5) is 0. The molecule has 16 heavy (non-hydrogen) atoms. The van der Waals surface area contributed by atoms with Gasteiger partial charge in [-0.2, -0.15) is 11.8 Å². The van der Waals surface area contributed by atoms with Gasteiger partial charge in [0.05, 0.1) is 18.8 Å². The molecule has 0 radical (unpaired) electrons. The van der Waals surface area contributed by atoms with Gasteiger partial charge >= 0.3 is 0 Å². The minimum Gasteiger partial charge on any atom is -0.464 e. The van der Waals surface area contributed by atoms with Crippen LogP contribution in [0.1, 0.15) is 11.5 Å². The predicted octanol–water partition coefficient (Wildman–Crippen LogP) is 1.86. The molecular formula is C10H15F2NO2S. The van der Waals surface area contributed by atoms with Crippen LogP contribution in [-0.4, -0.2) is 30.4 Å². The Morgan fingerprint density at radius 2 is 2.12 bits per heavy atom. The lowest BCUT2D eigenvalue weighted by Gasteiger charge is -2.12. The first-order chi connectivity index (χ1) is 7.57. The summed E-state index contributed by atoms with van der Waals surface area (Å²) in [5.74, 6) is -0.849. The molecule has 0 aromatic carbocycles. The Balaban J connectivity index is 2.31. The largest absolute Gasteiger partial charge is 0.464 e. The third-order valence-corrected chi connectivity index (χ3v) is 2.49. The van der Waals surface area contributed by atoms with E-state index in [9.17, 15) is 8.78 Å². The van der Waals surface area contributed by atoms with Gasteiger partial charge in [-0.15, -0.1) is 0 Å². The first kappa shape index (κ1) is 13.5. The molecule has 0 aliphatic carbocycles. The lowest BCUT2D eigenvalue weighted by Crippen LogP contribution is -2.35. The highest BCUT2D eigenvalue weighted by molar-refractivity contribution is 7.97. The number of furan rings is 1. The van der Waals surface area contributed by atoms with E-state index in [0.29, 0.717) is 5.76 Å². The first-order valence-corrected chi connectivity index (χ1v) is 6.23. The van der Waals surface area contributed by atoms with Gasteiger partial charge in [-0.3, -0.25) is 0 Å². The number of alkyl halides is 2. The lowest BCUT2D eigenvalue weighted by molar-refractivity contribution is -0.0479. The van der Waals surface area contributed by atoms with Gasteiger partial charge in [0.1, 0.15) is 18.1 Å². The van der Waals surface area contributed by atoms with Crippen molar-refractivity contribution in [1.29, 1.82) is 0 Å². The molecule has 0 saturated carbocycles. The van der Waals surface area contributed by atoms with E-state index in [0.717, 1.165) is 11.5 Å². The zero-order valence-electron chi connectivity index (χ0n) is 9.00. The molecule has 0 atom stereocenters. The molecular weight excluding hydrogens is 236 g/mol. The summed E-state index contributed by atoms with van der Waals surface area (Å²) in [6.07, 6.45) is 1.96. The van der Waals surface area contributed by atoms with Gasteiger partial charge < -0.3 is 14.8 Å². The highest BCUT2D eigenvalue weighted by Gasteiger charge is 2.26. The van der Waals surface area contributed by atoms with Gasteiger partial charge in [-0.25, -0.2) is 8.78 Å². The maximum Gasteiger partial charge on any atom is 0.282 e. The third-order valence-electron chi connectivity index (χ3n) is 1.92. The van der Waals surface area contributed by atoms with Crippen molar-refractivity contribution in [2.45, 2.75) is 18.2 Å². The molecule has 92 valence electrons. The first-order valence-electron chi connectivity index (χ1n) is 4.83. The summed E-state index contributed by atoms with van der Waals surface area (Å²) in [6, 6.07) is 3.59. The second-order valence-corrected chi connectivity index (χ2v) is 4.28. The molecule has 6 heteroatoms. The van der Waals surface area contributed by atoms with E-state index in [1.807, 2.05) is 12.3 Å². The molecule has 0 spiro atoms. The smallest absolute Gasteiger partial charge is 0.282 e. The molecule has 0 amide bonds. The van der Waals surface area contributed by atoms with Crippen LogP contribution in [-0.2, 0) is 12.3 Å². The molecule has 0 aliphatic heterocycles. The Labute approximate surface area is 97.2 Å². The van der Waals surface area contributed by atoms with Crippen LogP contribution in [0.3, 0.4) is 0 Å². The van der Waals surface area contributed by atoms with Gasteiger partial charge in [0.25, 0.3) is 5.92 Å². The fraction of sp³-hybridized carbons (Fsp3) is 0.600. The average Bonchev–Trinajstić information content (AvgIpc) is 2.66. The zero-order valence-corrected chi connectivity index (χ0v) is 9.82. The van der Waals surface area contributed by atoms with Crippen molar-refractivity contribution in [2.24, 2.45) is 0 Å². The van der Waals surface area contributed by atoms with Crippen LogP contribution in [0.15, 0.2) is 16.5 Å². The average molecular weight is 251 g/mol. The fourth-order valence-electron chi connectivity index (χ4n) is 1.16. The van der Waals surface area contributed by atoms with Crippen LogP contribution in [0.4, 0.5) is 8.78 Å². The number of hydrogen-bond donors (Lipinski definition) is 2. The Kier molecular flexibility index (Phi) is 5.24. The van der Waals surface area contributed by atoms with Crippen molar-refractivity contribution < 1.29 is 18.3 Å². The summed E-state index contributed by atoms with van der Waals surface area (Å²) >= 11 is 1.63. The molecule has 1 aromatic rings. The predicted molar refractivity (Wildman–Crippen MR) is 59.7 cm³/mol. The van der Waals surface area contributed by atoms with Crippen LogP contribution in [0.5, 0.6) is 0 Å². The van der Waals surface area contributed by atoms with Crippen molar-refractivity contribution in [3.05, 3.63) is 23.7 Å². The molecule has 0 fully saturated rings. The maximum absolute atomic E-state index is 12.6. The van der Waals surface area contributed by atoms with Crippen molar-refractivity contribution in [2.75, 3.05) is 19.4 Å². The second kappa shape index (κ2) is 6.22. The van der Waals surface area contributed by atoms with Crippen LogP contribution >= 0.6 is 11.8 Å². The fourth-order valence-corrected chi connectivity index (χ4v) is 1.60. The van der Waals surface area contributed by atoms with E-state index in [-0.39, 0.29) is 6.54 Å². The summed E-state index contributed by atoms with van der Waals surface area (Å²) in [5, 5.41) is 10.9. The van der Waals surface area contributed by atoms with E-state index < -0.39 is 19.1 Å². The van der Waals surface area contributed by atoms with Crippen LogP contribution < -0.4 is 5.32 Å². The van der Waals surface area contributed by atoms with E-state index in [1.165, 1.54) is 0 Å². The number of nitrogens with one attached hydrogen (secondary N) is 1. The Morgan fingerprint density at radius 1 is 1.44 bits per heavy atom. The third kappa shape index (κ3) is 4.51. The lowest BCUT2D eigenvalue weighted by atomic mass is 10.3. The second-order valence-electron chi connectivity index (χ2n) is 3.42. The summed E-state index contributed by atoms with van der Waals surface area (Å²) in [5.41, 5.74) is 0. The Bertz CT molecular complexity index is 318. The van der Waals surface area contributed by atoms with Gasteiger partial charge in [0.2, 0.25) is 0 Å². The standard InChI is InChI=1S/C10H15F2NO2S/c1-16-5-9-3-2-8(15-9)4-13-6-10(11,12)7-14/h2-3,13-14H,4-7H2,1H3. The summed E-state index contributed by atoms with van der Waals surface area (Å²) in [7, 11) is 0. The molecule has 0 bridgehead atoms. The number of hydrogen-bond acceptors (Lipinski definition) is 4. The van der Waals surface area contributed by atoms with Crippen LogP contribution in [0, 0.1) is 0 Å². The van der Waals surface area contributed by atoms with E-state index in [4.69, 9.17) is 9.52 Å². The molecule has 1 heterocycles. The summed E-state index contributed by atoms with van der Waals surface area (Å²) in [6.45, 7) is -1.46. The molecule has 1 aromatic heterocycles. The number of aliphatic hydroxyl groups is 1. The number of thioether (sulfide) groups is 1. The Morgan fingerprint density at radius 3 is 2.75 bits per heavy atom. The molecule has 0 saturated heterocycles. The van der Waals surface area contributed by atoms with Gasteiger partial charge in [-0.1, -0.05) is 0 Å². The SMILES string of the molecule is CSCc1ccc(CNCC(F)(F)CO)o1. The topological polar surface area (TPSA) is 45.4 Å². The maximum atomic E-state index is 12.6. The van der Waals surface area contributed by atoms with Crippen molar-refractivity contribution in [1.82, 2.24) is 5.32 Å². The quantitative estimate of drug-likeness (QED) is 0.776. The molecule has 3 nitrogen and oxygen atoms in total. The Hall–Kier alpha value is -0.590. The number of halogens is 2. The van der Waals surface area contributed by atoms with Crippen molar-refractivity contribution in [3.8, 4) is 0 Å². The summed E-state index contributed by atoms with van der Waals surface area (Å²) < 4.78 is 30.7. The minimum absolute atomic E-state index is 0.240. The van der Waals surface area contributed by atoms with E-state index in [1.54, 1.807) is 17.8 Å². The monoisotopic (exact) mass is 251 g/mol. The molecule has 1 rings (SSSR count). The van der Waals surface area contributed by atoms with Crippen molar-refractivity contribution >= 4 is 11.8 Å².